The molecule has 1 atom stereocenters. The summed E-state index contributed by atoms with van der Waals surface area (Å²) in [4.78, 5) is 4.17. The average molecular weight is 190 g/mol. The van der Waals surface area contributed by atoms with Crippen LogP contribution in [0.4, 0.5) is 0 Å². The molecule has 1 fully saturated rings. The van der Waals surface area contributed by atoms with Gasteiger partial charge in [-0.3, -0.25) is 0 Å². The van der Waals surface area contributed by atoms with Crippen molar-refractivity contribution in [3.63, 3.8) is 0 Å². The van der Waals surface area contributed by atoms with Crippen molar-refractivity contribution >= 4 is 12.4 Å². The van der Waals surface area contributed by atoms with E-state index in [0.29, 0.717) is 11.7 Å². The molecule has 1 heterocycles. The lowest BCUT2D eigenvalue weighted by molar-refractivity contribution is 0.371. The highest BCUT2D eigenvalue weighted by Crippen LogP contribution is 2.38. The van der Waals surface area contributed by atoms with Crippen molar-refractivity contribution in [2.24, 2.45) is 5.73 Å². The molecule has 0 amide bonds. The molecule has 1 aliphatic rings. The van der Waals surface area contributed by atoms with Crippen LogP contribution in [-0.4, -0.2) is 10.1 Å². The second-order valence-corrected chi connectivity index (χ2v) is 3.05. The van der Waals surface area contributed by atoms with E-state index in [-0.39, 0.29) is 18.4 Å². The molecule has 0 aliphatic heterocycles. The maximum Gasteiger partial charge on any atom is 0.229 e. The fourth-order valence-corrected chi connectivity index (χ4v) is 0.928. The van der Waals surface area contributed by atoms with Crippen LogP contribution < -0.4 is 5.73 Å². The van der Waals surface area contributed by atoms with Gasteiger partial charge >= 0.3 is 0 Å². The molecule has 12 heavy (non-hydrogen) atoms. The van der Waals surface area contributed by atoms with Gasteiger partial charge in [-0.15, -0.1) is 12.4 Å². The van der Waals surface area contributed by atoms with Gasteiger partial charge in [-0.05, 0) is 19.8 Å². The predicted molar refractivity (Wildman–Crippen MR) is 46.1 cm³/mol. The molecule has 1 aromatic heterocycles. The molecule has 0 bridgehead atoms. The molecule has 2 rings (SSSR count). The third kappa shape index (κ3) is 1.76. The lowest BCUT2D eigenvalue weighted by Gasteiger charge is -1.92. The van der Waals surface area contributed by atoms with Crippen LogP contribution in [0.15, 0.2) is 4.52 Å². The topological polar surface area (TPSA) is 64.9 Å². The van der Waals surface area contributed by atoms with Crippen molar-refractivity contribution in [1.29, 1.82) is 0 Å². The van der Waals surface area contributed by atoms with Crippen molar-refractivity contribution in [2.75, 3.05) is 0 Å². The first-order chi connectivity index (χ1) is 5.27. The summed E-state index contributed by atoms with van der Waals surface area (Å²) in [7, 11) is 0. The van der Waals surface area contributed by atoms with E-state index in [0.717, 1.165) is 5.89 Å². The van der Waals surface area contributed by atoms with Crippen LogP contribution in [0.5, 0.6) is 0 Å². The minimum Gasteiger partial charge on any atom is -0.339 e. The van der Waals surface area contributed by atoms with Crippen LogP contribution in [0.3, 0.4) is 0 Å². The molecular weight excluding hydrogens is 178 g/mol. The first-order valence-electron chi connectivity index (χ1n) is 3.86. The maximum atomic E-state index is 5.56. The quantitative estimate of drug-likeness (QED) is 0.764. The predicted octanol–water partition coefficient (Wildman–Crippen LogP) is 1.39. The molecule has 1 aliphatic carbocycles. The lowest BCUT2D eigenvalue weighted by atomic mass is 10.3. The summed E-state index contributed by atoms with van der Waals surface area (Å²) in [6, 6.07) is -0.119. The van der Waals surface area contributed by atoms with Gasteiger partial charge in [0.05, 0.1) is 6.04 Å². The Hall–Kier alpha value is -0.610. The summed E-state index contributed by atoms with van der Waals surface area (Å²) in [6.45, 7) is 1.85. The minimum atomic E-state index is -0.119. The van der Waals surface area contributed by atoms with E-state index in [1.165, 1.54) is 12.8 Å². The van der Waals surface area contributed by atoms with Crippen LogP contribution in [-0.2, 0) is 0 Å². The van der Waals surface area contributed by atoms with Gasteiger partial charge in [0.15, 0.2) is 5.82 Å². The van der Waals surface area contributed by atoms with Gasteiger partial charge < -0.3 is 10.3 Å². The van der Waals surface area contributed by atoms with E-state index in [9.17, 15) is 0 Å². The Morgan fingerprint density at radius 2 is 2.25 bits per heavy atom. The zero-order valence-corrected chi connectivity index (χ0v) is 7.67. The Bertz CT molecular complexity index is 240. The summed E-state index contributed by atoms with van der Waals surface area (Å²) in [5, 5.41) is 3.77. The fourth-order valence-electron chi connectivity index (χ4n) is 0.928. The van der Waals surface area contributed by atoms with E-state index < -0.39 is 0 Å². The second-order valence-electron chi connectivity index (χ2n) is 3.05. The molecule has 0 radical (unpaired) electrons. The number of halogens is 1. The fraction of sp³-hybridized carbons (Fsp3) is 0.714. The Kier molecular flexibility index (Phi) is 2.69. The van der Waals surface area contributed by atoms with Crippen LogP contribution in [0, 0.1) is 0 Å². The summed E-state index contributed by atoms with van der Waals surface area (Å²) >= 11 is 0. The van der Waals surface area contributed by atoms with Gasteiger partial charge in [0.25, 0.3) is 0 Å². The largest absolute Gasteiger partial charge is 0.339 e. The first-order valence-corrected chi connectivity index (χ1v) is 3.86. The van der Waals surface area contributed by atoms with Crippen LogP contribution in [0.25, 0.3) is 0 Å². The molecule has 68 valence electrons. The number of nitrogens with zero attached hydrogens (tertiary/aromatic N) is 2. The zero-order chi connectivity index (χ0) is 7.84. The zero-order valence-electron chi connectivity index (χ0n) is 6.86. The number of aromatic nitrogens is 2. The van der Waals surface area contributed by atoms with Crippen molar-refractivity contribution in [3.05, 3.63) is 11.7 Å². The number of hydrogen-bond acceptors (Lipinski definition) is 4. The van der Waals surface area contributed by atoms with Gasteiger partial charge in [-0.1, -0.05) is 5.16 Å². The number of nitrogens with two attached hydrogens (primary N) is 1. The van der Waals surface area contributed by atoms with Crippen molar-refractivity contribution in [2.45, 2.75) is 31.7 Å². The number of rotatable bonds is 2. The molecule has 1 unspecified atom stereocenters. The summed E-state index contributed by atoms with van der Waals surface area (Å²) in [5.74, 6) is 1.90. The summed E-state index contributed by atoms with van der Waals surface area (Å²) < 4.78 is 5.01. The van der Waals surface area contributed by atoms with Gasteiger partial charge in [0, 0.05) is 5.92 Å². The third-order valence-electron chi connectivity index (χ3n) is 1.79. The highest BCUT2D eigenvalue weighted by molar-refractivity contribution is 5.85. The average Bonchev–Trinajstić information content (AvgIpc) is 2.68. The summed E-state index contributed by atoms with van der Waals surface area (Å²) in [5.41, 5.74) is 5.56. The summed E-state index contributed by atoms with van der Waals surface area (Å²) in [6.07, 6.45) is 2.36. The molecule has 0 spiro atoms. The maximum absolute atomic E-state index is 5.56. The molecule has 0 aromatic carbocycles. The van der Waals surface area contributed by atoms with Crippen LogP contribution >= 0.6 is 12.4 Å². The normalized spacial score (nSPS) is 18.5. The molecule has 1 aromatic rings. The third-order valence-corrected chi connectivity index (χ3v) is 1.79. The SMILES string of the molecule is CC(N)c1noc(C2CC2)n1.Cl. The van der Waals surface area contributed by atoms with Crippen molar-refractivity contribution < 1.29 is 4.52 Å². The van der Waals surface area contributed by atoms with Gasteiger partial charge in [0.2, 0.25) is 5.89 Å². The Labute approximate surface area is 76.9 Å². The van der Waals surface area contributed by atoms with Crippen molar-refractivity contribution in [3.8, 4) is 0 Å². The van der Waals surface area contributed by atoms with E-state index in [4.69, 9.17) is 10.3 Å². The molecule has 4 nitrogen and oxygen atoms in total. The van der Waals surface area contributed by atoms with E-state index in [1.807, 2.05) is 6.92 Å². The Morgan fingerprint density at radius 3 is 2.67 bits per heavy atom. The van der Waals surface area contributed by atoms with E-state index in [2.05, 4.69) is 10.1 Å². The molecular formula is C7H12ClN3O. The minimum absolute atomic E-state index is 0. The Balaban J connectivity index is 0.000000720. The van der Waals surface area contributed by atoms with E-state index >= 15 is 0 Å². The molecule has 5 heteroatoms. The van der Waals surface area contributed by atoms with Crippen molar-refractivity contribution in [1.82, 2.24) is 10.1 Å². The highest BCUT2D eigenvalue weighted by Gasteiger charge is 2.29. The van der Waals surface area contributed by atoms with E-state index in [1.54, 1.807) is 0 Å². The first kappa shape index (κ1) is 9.48. The van der Waals surface area contributed by atoms with Gasteiger partial charge in [-0.2, -0.15) is 4.98 Å². The molecule has 0 saturated heterocycles. The number of hydrogen-bond donors (Lipinski definition) is 1. The second kappa shape index (κ2) is 3.41. The lowest BCUT2D eigenvalue weighted by Crippen LogP contribution is -2.06. The van der Waals surface area contributed by atoms with Crippen LogP contribution in [0.1, 0.15) is 43.4 Å². The smallest absolute Gasteiger partial charge is 0.229 e. The Morgan fingerprint density at radius 1 is 1.58 bits per heavy atom. The van der Waals surface area contributed by atoms with Gasteiger partial charge in [0.1, 0.15) is 0 Å². The molecule has 1 saturated carbocycles. The monoisotopic (exact) mass is 189 g/mol. The molecule has 2 N–H and O–H groups in total. The standard InChI is InChI=1S/C7H11N3O.ClH/c1-4(8)6-9-7(11-10-6)5-2-3-5;/h4-5H,2-3,8H2,1H3;1H. The highest BCUT2D eigenvalue weighted by atomic mass is 35.5. The van der Waals surface area contributed by atoms with Gasteiger partial charge in [-0.25, -0.2) is 0 Å². The van der Waals surface area contributed by atoms with Crippen LogP contribution in [0.2, 0.25) is 0 Å².